The lowest BCUT2D eigenvalue weighted by atomic mass is 9.92. The largest absolute Gasteiger partial charge is 0.497 e. The molecular weight excluding hydrogens is 444 g/mol. The lowest BCUT2D eigenvalue weighted by Crippen LogP contribution is -2.41. The van der Waals surface area contributed by atoms with Crippen molar-refractivity contribution < 1.29 is 9.15 Å². The number of furan rings is 1. The van der Waals surface area contributed by atoms with Crippen molar-refractivity contribution in [3.8, 4) is 5.75 Å². The summed E-state index contributed by atoms with van der Waals surface area (Å²) in [4.78, 5) is 18.6. The number of benzene rings is 1. The molecule has 0 amide bonds. The molecule has 1 aliphatic rings. The molecule has 184 valence electrons. The normalized spacial score (nSPS) is 15.6. The van der Waals surface area contributed by atoms with Gasteiger partial charge in [-0.3, -0.25) is 9.69 Å². The molecular formula is C26H32N6O3. The molecule has 35 heavy (non-hydrogen) atoms. The first kappa shape index (κ1) is 23.3. The summed E-state index contributed by atoms with van der Waals surface area (Å²) in [6.07, 6.45) is 8.36. The number of H-pyrrole nitrogens is 1. The predicted molar refractivity (Wildman–Crippen MR) is 132 cm³/mol. The van der Waals surface area contributed by atoms with E-state index in [1.807, 2.05) is 41.1 Å². The molecule has 1 aromatic carbocycles. The zero-order valence-electron chi connectivity index (χ0n) is 20.3. The SMILES string of the molecule is CCC(c1nnnn1Cc1ccco1)N(Cc1cc2ccc(OC)cc2[nH]c1=O)C1CCCCC1. The Bertz CT molecular complexity index is 1310. The van der Waals surface area contributed by atoms with E-state index in [4.69, 9.17) is 9.15 Å². The average molecular weight is 477 g/mol. The fourth-order valence-electron chi connectivity index (χ4n) is 5.25. The number of nitrogens with one attached hydrogen (secondary N) is 1. The summed E-state index contributed by atoms with van der Waals surface area (Å²) < 4.78 is 12.7. The lowest BCUT2D eigenvalue weighted by Gasteiger charge is -2.39. The molecule has 1 N–H and O–H groups in total. The van der Waals surface area contributed by atoms with Crippen LogP contribution in [0.4, 0.5) is 0 Å². The van der Waals surface area contributed by atoms with Crippen LogP contribution in [0.1, 0.15) is 68.6 Å². The minimum atomic E-state index is -0.0726. The molecule has 1 atom stereocenters. The quantitative estimate of drug-likeness (QED) is 0.381. The van der Waals surface area contributed by atoms with E-state index in [1.54, 1.807) is 13.4 Å². The topological polar surface area (TPSA) is 102 Å². The van der Waals surface area contributed by atoms with Crippen LogP contribution in [0.5, 0.6) is 5.75 Å². The van der Waals surface area contributed by atoms with Crippen molar-refractivity contribution in [3.05, 3.63) is 70.2 Å². The number of aromatic nitrogens is 5. The highest BCUT2D eigenvalue weighted by Gasteiger charge is 2.32. The third kappa shape index (κ3) is 5.00. The van der Waals surface area contributed by atoms with Crippen molar-refractivity contribution in [1.82, 2.24) is 30.1 Å². The molecule has 0 bridgehead atoms. The number of nitrogens with zero attached hydrogens (tertiary/aromatic N) is 5. The highest BCUT2D eigenvalue weighted by Crippen LogP contribution is 2.33. The molecule has 0 aliphatic heterocycles. The number of hydrogen-bond donors (Lipinski definition) is 1. The van der Waals surface area contributed by atoms with Crippen LogP contribution >= 0.6 is 0 Å². The third-order valence-electron chi connectivity index (χ3n) is 7.06. The van der Waals surface area contributed by atoms with Crippen LogP contribution in [0, 0.1) is 0 Å². The van der Waals surface area contributed by atoms with Gasteiger partial charge in [0.05, 0.1) is 24.9 Å². The zero-order valence-corrected chi connectivity index (χ0v) is 20.3. The van der Waals surface area contributed by atoms with E-state index in [9.17, 15) is 4.79 Å². The van der Waals surface area contributed by atoms with E-state index in [-0.39, 0.29) is 11.6 Å². The number of tetrazole rings is 1. The highest BCUT2D eigenvalue weighted by atomic mass is 16.5. The maximum absolute atomic E-state index is 13.1. The Morgan fingerprint density at radius 1 is 1.23 bits per heavy atom. The van der Waals surface area contributed by atoms with Crippen LogP contribution in [0.25, 0.3) is 10.9 Å². The van der Waals surface area contributed by atoms with Crippen molar-refractivity contribution in [3.63, 3.8) is 0 Å². The van der Waals surface area contributed by atoms with Crippen molar-refractivity contribution in [2.45, 2.75) is 70.6 Å². The van der Waals surface area contributed by atoms with E-state index >= 15 is 0 Å². The summed E-state index contributed by atoms with van der Waals surface area (Å²) in [6, 6.07) is 11.9. The van der Waals surface area contributed by atoms with Gasteiger partial charge in [0.1, 0.15) is 18.1 Å². The van der Waals surface area contributed by atoms with E-state index in [0.29, 0.717) is 19.1 Å². The number of methoxy groups -OCH3 is 1. The Morgan fingerprint density at radius 2 is 2.09 bits per heavy atom. The smallest absolute Gasteiger partial charge is 0.252 e. The zero-order chi connectivity index (χ0) is 24.2. The van der Waals surface area contributed by atoms with Gasteiger partial charge < -0.3 is 14.1 Å². The van der Waals surface area contributed by atoms with Gasteiger partial charge in [-0.05, 0) is 65.4 Å². The molecule has 1 saturated carbocycles. The van der Waals surface area contributed by atoms with Gasteiger partial charge in [-0.1, -0.05) is 26.2 Å². The average Bonchev–Trinajstić information content (AvgIpc) is 3.57. The van der Waals surface area contributed by atoms with Gasteiger partial charge in [-0.15, -0.1) is 5.10 Å². The second-order valence-electron chi connectivity index (χ2n) is 9.24. The predicted octanol–water partition coefficient (Wildman–Crippen LogP) is 4.45. The van der Waals surface area contributed by atoms with Crippen LogP contribution in [0.15, 0.2) is 51.9 Å². The maximum atomic E-state index is 13.1. The first-order valence-corrected chi connectivity index (χ1v) is 12.4. The van der Waals surface area contributed by atoms with E-state index < -0.39 is 0 Å². The molecule has 3 aromatic heterocycles. The van der Waals surface area contributed by atoms with Crippen LogP contribution in [-0.2, 0) is 13.1 Å². The molecule has 9 nitrogen and oxygen atoms in total. The molecule has 4 aromatic rings. The Labute approximate surface area is 204 Å². The summed E-state index contributed by atoms with van der Waals surface area (Å²) >= 11 is 0. The minimum Gasteiger partial charge on any atom is -0.497 e. The van der Waals surface area contributed by atoms with Crippen LogP contribution in [-0.4, -0.2) is 43.2 Å². The van der Waals surface area contributed by atoms with E-state index in [1.165, 1.54) is 19.3 Å². The molecule has 0 saturated heterocycles. The number of rotatable bonds is 9. The second-order valence-corrected chi connectivity index (χ2v) is 9.24. The van der Waals surface area contributed by atoms with Crippen molar-refractivity contribution >= 4 is 10.9 Å². The lowest BCUT2D eigenvalue weighted by molar-refractivity contribution is 0.0842. The monoisotopic (exact) mass is 476 g/mol. The summed E-state index contributed by atoms with van der Waals surface area (Å²) in [5.41, 5.74) is 1.45. The van der Waals surface area contributed by atoms with Gasteiger partial charge in [0, 0.05) is 24.2 Å². The number of hydrogen-bond acceptors (Lipinski definition) is 7. The molecule has 5 rings (SSSR count). The minimum absolute atomic E-state index is 0.0194. The van der Waals surface area contributed by atoms with Gasteiger partial charge >= 0.3 is 0 Å². The van der Waals surface area contributed by atoms with Gasteiger partial charge in [-0.2, -0.15) is 0 Å². The summed E-state index contributed by atoms with van der Waals surface area (Å²) in [5.74, 6) is 2.33. The fourth-order valence-corrected chi connectivity index (χ4v) is 5.25. The Hall–Kier alpha value is -3.46. The first-order chi connectivity index (χ1) is 17.2. The highest BCUT2D eigenvalue weighted by molar-refractivity contribution is 5.80. The Kier molecular flexibility index (Phi) is 6.94. The van der Waals surface area contributed by atoms with Gasteiger partial charge in [0.25, 0.3) is 5.56 Å². The van der Waals surface area contributed by atoms with Gasteiger partial charge in [0.2, 0.25) is 0 Å². The molecule has 1 fully saturated rings. The van der Waals surface area contributed by atoms with Crippen LogP contribution in [0.2, 0.25) is 0 Å². The van der Waals surface area contributed by atoms with Crippen molar-refractivity contribution in [1.29, 1.82) is 0 Å². The van der Waals surface area contributed by atoms with Gasteiger partial charge in [-0.25, -0.2) is 4.68 Å². The van der Waals surface area contributed by atoms with E-state index in [0.717, 1.165) is 53.1 Å². The standard InChI is InChI=1S/C26H32N6O3/c1-3-24(25-28-29-30-32(25)17-22-10-7-13-35-22)31(20-8-5-4-6-9-20)16-19-14-18-11-12-21(34-2)15-23(18)27-26(19)33/h7,10-15,20,24H,3-6,8-9,16-17H2,1-2H3,(H,27,33). The molecule has 3 heterocycles. The van der Waals surface area contributed by atoms with Crippen LogP contribution in [0.3, 0.4) is 0 Å². The van der Waals surface area contributed by atoms with Crippen molar-refractivity contribution in [2.24, 2.45) is 0 Å². The number of pyridine rings is 1. The van der Waals surface area contributed by atoms with E-state index in [2.05, 4.69) is 32.3 Å². The molecule has 9 heteroatoms. The summed E-state index contributed by atoms with van der Waals surface area (Å²) in [6.45, 7) is 3.17. The molecule has 1 aliphatic carbocycles. The van der Waals surface area contributed by atoms with Gasteiger partial charge in [0.15, 0.2) is 5.82 Å². The molecule has 1 unspecified atom stereocenters. The Balaban J connectivity index is 1.50. The van der Waals surface area contributed by atoms with Crippen molar-refractivity contribution in [2.75, 3.05) is 7.11 Å². The number of aromatic amines is 1. The second kappa shape index (κ2) is 10.4. The Morgan fingerprint density at radius 3 is 2.83 bits per heavy atom. The molecule has 0 radical (unpaired) electrons. The number of fused-ring (bicyclic) bond motifs is 1. The first-order valence-electron chi connectivity index (χ1n) is 12.4. The maximum Gasteiger partial charge on any atom is 0.252 e. The fraction of sp³-hybridized carbons (Fsp3) is 0.462. The third-order valence-corrected chi connectivity index (χ3v) is 7.06. The number of ether oxygens (including phenoxy) is 1. The van der Waals surface area contributed by atoms with Crippen LogP contribution < -0.4 is 10.3 Å². The summed E-state index contributed by atoms with van der Waals surface area (Å²) in [7, 11) is 1.63. The molecule has 0 spiro atoms. The summed E-state index contributed by atoms with van der Waals surface area (Å²) in [5, 5.41) is 13.7.